The van der Waals surface area contributed by atoms with Crippen LogP contribution in [0.25, 0.3) is 0 Å². The fourth-order valence-electron chi connectivity index (χ4n) is 1.61. The molecule has 1 aromatic carbocycles. The molecule has 1 aromatic rings. The molecular formula is C13H17Cl2NO2. The molecule has 1 rings (SSSR count). The van der Waals surface area contributed by atoms with Crippen molar-refractivity contribution in [1.29, 1.82) is 0 Å². The summed E-state index contributed by atoms with van der Waals surface area (Å²) in [6.45, 7) is 4.23. The molecule has 0 aliphatic carbocycles. The van der Waals surface area contributed by atoms with Gasteiger partial charge in [0.2, 0.25) is 0 Å². The van der Waals surface area contributed by atoms with Crippen LogP contribution in [-0.2, 0) is 0 Å². The van der Waals surface area contributed by atoms with E-state index in [9.17, 15) is 9.90 Å². The van der Waals surface area contributed by atoms with Gasteiger partial charge in [-0.3, -0.25) is 4.79 Å². The molecule has 5 heteroatoms. The van der Waals surface area contributed by atoms with Gasteiger partial charge in [0.25, 0.3) is 5.91 Å². The number of rotatable bonds is 5. The van der Waals surface area contributed by atoms with Crippen molar-refractivity contribution in [2.45, 2.75) is 26.4 Å². The van der Waals surface area contributed by atoms with Gasteiger partial charge in [-0.25, -0.2) is 0 Å². The van der Waals surface area contributed by atoms with E-state index in [1.807, 2.05) is 13.8 Å². The van der Waals surface area contributed by atoms with E-state index in [0.29, 0.717) is 22.9 Å². The summed E-state index contributed by atoms with van der Waals surface area (Å²) in [4.78, 5) is 11.8. The smallest absolute Gasteiger partial charge is 0.252 e. The number of halogens is 2. The van der Waals surface area contributed by atoms with E-state index < -0.39 is 6.10 Å². The number of nitrogens with one attached hydrogen (secondary N) is 1. The number of carbonyl (C=O) groups excluding carboxylic acids is 1. The Morgan fingerprint density at radius 3 is 2.67 bits per heavy atom. The summed E-state index contributed by atoms with van der Waals surface area (Å²) in [6.07, 6.45) is 0.0933. The Labute approximate surface area is 117 Å². The van der Waals surface area contributed by atoms with Crippen LogP contribution in [0.5, 0.6) is 0 Å². The second-order valence-electron chi connectivity index (χ2n) is 4.59. The minimum absolute atomic E-state index is 0.208. The lowest BCUT2D eigenvalue weighted by molar-refractivity contribution is 0.0900. The Hall–Kier alpha value is -0.770. The van der Waals surface area contributed by atoms with E-state index in [-0.39, 0.29) is 17.5 Å². The molecule has 0 heterocycles. The Balaban J connectivity index is 2.58. The van der Waals surface area contributed by atoms with Gasteiger partial charge >= 0.3 is 0 Å². The quantitative estimate of drug-likeness (QED) is 0.875. The summed E-state index contributed by atoms with van der Waals surface area (Å²) in [7, 11) is 0. The van der Waals surface area contributed by atoms with Gasteiger partial charge in [-0.2, -0.15) is 0 Å². The molecule has 2 N–H and O–H groups in total. The second kappa shape index (κ2) is 6.98. The van der Waals surface area contributed by atoms with Crippen LogP contribution in [0.4, 0.5) is 0 Å². The lowest BCUT2D eigenvalue weighted by Gasteiger charge is -2.14. The van der Waals surface area contributed by atoms with Gasteiger partial charge in [0.15, 0.2) is 0 Å². The van der Waals surface area contributed by atoms with E-state index in [4.69, 9.17) is 23.2 Å². The largest absolute Gasteiger partial charge is 0.391 e. The first-order valence-electron chi connectivity index (χ1n) is 5.82. The SMILES string of the molecule is CC(C)CC(O)CNC(=O)c1cccc(Cl)c1Cl. The van der Waals surface area contributed by atoms with E-state index in [1.54, 1.807) is 18.2 Å². The summed E-state index contributed by atoms with van der Waals surface area (Å²) in [6, 6.07) is 4.88. The van der Waals surface area contributed by atoms with Gasteiger partial charge in [0, 0.05) is 6.54 Å². The molecule has 0 bridgehead atoms. The average molecular weight is 290 g/mol. The van der Waals surface area contributed by atoms with E-state index in [2.05, 4.69) is 5.32 Å². The molecule has 0 aliphatic heterocycles. The van der Waals surface area contributed by atoms with Crippen LogP contribution in [0.2, 0.25) is 10.0 Å². The first-order valence-corrected chi connectivity index (χ1v) is 6.57. The molecule has 0 saturated heterocycles. The van der Waals surface area contributed by atoms with Crippen molar-refractivity contribution in [3.8, 4) is 0 Å². The number of benzene rings is 1. The predicted octanol–water partition coefficient (Wildman–Crippen LogP) is 3.13. The minimum atomic E-state index is -0.549. The molecule has 0 radical (unpaired) electrons. The lowest BCUT2D eigenvalue weighted by Crippen LogP contribution is -2.32. The number of hydrogen-bond acceptors (Lipinski definition) is 2. The Kier molecular flexibility index (Phi) is 5.93. The van der Waals surface area contributed by atoms with Crippen molar-refractivity contribution in [3.05, 3.63) is 33.8 Å². The molecule has 0 aliphatic rings. The second-order valence-corrected chi connectivity index (χ2v) is 5.38. The first-order chi connectivity index (χ1) is 8.41. The zero-order valence-corrected chi connectivity index (χ0v) is 11.9. The fraction of sp³-hybridized carbons (Fsp3) is 0.462. The van der Waals surface area contributed by atoms with Crippen molar-refractivity contribution in [1.82, 2.24) is 5.32 Å². The summed E-state index contributed by atoms with van der Waals surface area (Å²) in [5.74, 6) is 0.0527. The van der Waals surface area contributed by atoms with Crippen LogP contribution in [0.3, 0.4) is 0 Å². The molecule has 0 saturated carbocycles. The number of carbonyl (C=O) groups is 1. The average Bonchev–Trinajstić information content (AvgIpc) is 2.29. The third kappa shape index (κ3) is 4.48. The van der Waals surface area contributed by atoms with Crippen molar-refractivity contribution >= 4 is 29.1 Å². The molecule has 0 fully saturated rings. The highest BCUT2D eigenvalue weighted by molar-refractivity contribution is 6.43. The van der Waals surface area contributed by atoms with Crippen molar-refractivity contribution < 1.29 is 9.90 Å². The maximum Gasteiger partial charge on any atom is 0.252 e. The van der Waals surface area contributed by atoms with E-state index in [1.165, 1.54) is 0 Å². The molecule has 1 unspecified atom stereocenters. The molecule has 1 atom stereocenters. The zero-order valence-electron chi connectivity index (χ0n) is 10.4. The third-order valence-corrected chi connectivity index (χ3v) is 3.26. The van der Waals surface area contributed by atoms with Crippen molar-refractivity contribution in [3.63, 3.8) is 0 Å². The van der Waals surface area contributed by atoms with Crippen molar-refractivity contribution in [2.24, 2.45) is 5.92 Å². The molecule has 3 nitrogen and oxygen atoms in total. The van der Waals surface area contributed by atoms with E-state index in [0.717, 1.165) is 0 Å². The first kappa shape index (κ1) is 15.3. The summed E-state index contributed by atoms with van der Waals surface area (Å²) in [5, 5.41) is 12.9. The third-order valence-electron chi connectivity index (χ3n) is 2.44. The van der Waals surface area contributed by atoms with Gasteiger partial charge in [-0.15, -0.1) is 0 Å². The van der Waals surface area contributed by atoms with Gasteiger partial charge in [0.1, 0.15) is 0 Å². The topological polar surface area (TPSA) is 49.3 Å². The van der Waals surface area contributed by atoms with Gasteiger partial charge in [-0.05, 0) is 24.5 Å². The molecule has 1 amide bonds. The minimum Gasteiger partial charge on any atom is -0.391 e. The highest BCUT2D eigenvalue weighted by Crippen LogP contribution is 2.25. The normalized spacial score (nSPS) is 12.6. The Bertz CT molecular complexity index is 421. The number of hydrogen-bond donors (Lipinski definition) is 2. The van der Waals surface area contributed by atoms with E-state index >= 15 is 0 Å². The van der Waals surface area contributed by atoms with Crippen LogP contribution < -0.4 is 5.32 Å². The number of amides is 1. The predicted molar refractivity (Wildman–Crippen MR) is 74.3 cm³/mol. The zero-order chi connectivity index (χ0) is 13.7. The summed E-state index contributed by atoms with van der Waals surface area (Å²) < 4.78 is 0. The molecule has 0 spiro atoms. The Morgan fingerprint density at radius 2 is 2.06 bits per heavy atom. The highest BCUT2D eigenvalue weighted by Gasteiger charge is 2.14. The van der Waals surface area contributed by atoms with Crippen LogP contribution in [-0.4, -0.2) is 23.7 Å². The molecule has 0 aromatic heterocycles. The Morgan fingerprint density at radius 1 is 1.39 bits per heavy atom. The summed E-state index contributed by atoms with van der Waals surface area (Å²) >= 11 is 11.8. The van der Waals surface area contributed by atoms with Crippen LogP contribution >= 0.6 is 23.2 Å². The van der Waals surface area contributed by atoms with Gasteiger partial charge in [0.05, 0.1) is 21.7 Å². The molecular weight excluding hydrogens is 273 g/mol. The number of aliphatic hydroxyl groups is 1. The van der Waals surface area contributed by atoms with Crippen LogP contribution in [0.15, 0.2) is 18.2 Å². The number of aliphatic hydroxyl groups excluding tert-OH is 1. The lowest BCUT2D eigenvalue weighted by atomic mass is 10.1. The monoisotopic (exact) mass is 289 g/mol. The highest BCUT2D eigenvalue weighted by atomic mass is 35.5. The maximum atomic E-state index is 11.8. The standard InChI is InChI=1S/C13H17Cl2NO2/c1-8(2)6-9(17)7-16-13(18)10-4-3-5-11(14)12(10)15/h3-5,8-9,17H,6-7H2,1-2H3,(H,16,18). The van der Waals surface area contributed by atoms with Gasteiger partial charge < -0.3 is 10.4 Å². The van der Waals surface area contributed by atoms with Gasteiger partial charge in [-0.1, -0.05) is 43.1 Å². The molecule has 18 heavy (non-hydrogen) atoms. The van der Waals surface area contributed by atoms with Crippen LogP contribution in [0, 0.1) is 5.92 Å². The summed E-state index contributed by atoms with van der Waals surface area (Å²) in [5.41, 5.74) is 0.320. The van der Waals surface area contributed by atoms with Crippen LogP contribution in [0.1, 0.15) is 30.6 Å². The maximum absolute atomic E-state index is 11.8. The molecule has 100 valence electrons. The van der Waals surface area contributed by atoms with Crippen molar-refractivity contribution in [2.75, 3.05) is 6.54 Å². The fourth-order valence-corrected chi connectivity index (χ4v) is 2.00.